The molecule has 40 heavy (non-hydrogen) atoms. The molecule has 2 aliphatic rings. The fourth-order valence-electron chi connectivity index (χ4n) is 5.14. The number of amides is 1. The van der Waals surface area contributed by atoms with E-state index in [1.807, 2.05) is 62.4 Å². The van der Waals surface area contributed by atoms with E-state index in [2.05, 4.69) is 46.7 Å². The Balaban J connectivity index is 1.32. The number of hydrogen-bond acceptors (Lipinski definition) is 5. The number of aryl methyl sites for hydroxylation is 3. The van der Waals surface area contributed by atoms with E-state index >= 15 is 0 Å². The molecule has 8 heteroatoms. The molecule has 1 aromatic heterocycles. The lowest BCUT2D eigenvalue weighted by Crippen LogP contribution is -2.35. The highest BCUT2D eigenvalue weighted by atomic mass is 32.2. The molecule has 0 radical (unpaired) electrons. The van der Waals surface area contributed by atoms with Crippen molar-refractivity contribution >= 4 is 50.7 Å². The summed E-state index contributed by atoms with van der Waals surface area (Å²) in [5, 5.41) is 17.1. The molecule has 7 nitrogen and oxygen atoms in total. The predicted molar refractivity (Wildman–Crippen MR) is 163 cm³/mol. The Morgan fingerprint density at radius 2 is 1.68 bits per heavy atom. The molecule has 2 aliphatic heterocycles. The molecule has 0 atom stereocenters. The van der Waals surface area contributed by atoms with Crippen molar-refractivity contribution in [3.63, 3.8) is 0 Å². The van der Waals surface area contributed by atoms with Crippen LogP contribution in [0.25, 0.3) is 17.0 Å². The lowest BCUT2D eigenvalue weighted by atomic mass is 10.1. The van der Waals surface area contributed by atoms with E-state index in [0.29, 0.717) is 23.4 Å². The third-order valence-electron chi connectivity index (χ3n) is 7.29. The van der Waals surface area contributed by atoms with Crippen molar-refractivity contribution < 1.29 is 9.53 Å². The molecule has 3 aromatic carbocycles. The van der Waals surface area contributed by atoms with Gasteiger partial charge in [0.15, 0.2) is 5.84 Å². The lowest BCUT2D eigenvalue weighted by molar-refractivity contribution is -0.114. The Kier molecular flexibility index (Phi) is 6.64. The molecule has 0 aliphatic carbocycles. The molecule has 3 heterocycles. The highest BCUT2D eigenvalue weighted by Gasteiger charge is 2.36. The lowest BCUT2D eigenvalue weighted by Gasteiger charge is -2.20. The average Bonchev–Trinajstić information content (AvgIpc) is 3.48. The maximum absolute atomic E-state index is 13.2. The van der Waals surface area contributed by atoms with Gasteiger partial charge in [0.25, 0.3) is 5.91 Å². The number of ether oxygens (including phenoxy) is 1. The zero-order chi connectivity index (χ0) is 28.0. The highest BCUT2D eigenvalue weighted by Crippen LogP contribution is 2.33. The SMILES string of the molecule is Cc1ccc(C2=NN3C(=N)/C(=C/c4c(C)n(CCOc5c(C)cccc5C)c5ccccc45)C(=O)N=C3S2)cc1. The number of carbonyl (C=O) groups excluding carboxylic acids is 1. The number of fused-ring (bicyclic) bond motifs is 2. The van der Waals surface area contributed by atoms with Gasteiger partial charge in [0.1, 0.15) is 17.4 Å². The van der Waals surface area contributed by atoms with Crippen molar-refractivity contribution in [2.24, 2.45) is 10.1 Å². The zero-order valence-corrected chi connectivity index (χ0v) is 23.7. The minimum atomic E-state index is -0.432. The molecule has 0 saturated carbocycles. The third kappa shape index (κ3) is 4.54. The van der Waals surface area contributed by atoms with Gasteiger partial charge in [-0.1, -0.05) is 66.2 Å². The maximum Gasteiger partial charge on any atom is 0.283 e. The van der Waals surface area contributed by atoms with E-state index in [4.69, 9.17) is 10.1 Å². The number of benzene rings is 3. The summed E-state index contributed by atoms with van der Waals surface area (Å²) in [5.41, 5.74) is 7.47. The molecular formula is C32H29N5O2S. The predicted octanol–water partition coefficient (Wildman–Crippen LogP) is 6.62. The molecule has 0 bridgehead atoms. The van der Waals surface area contributed by atoms with Gasteiger partial charge in [-0.2, -0.15) is 15.1 Å². The average molecular weight is 548 g/mol. The van der Waals surface area contributed by atoms with Gasteiger partial charge >= 0.3 is 0 Å². The minimum absolute atomic E-state index is 0.0270. The number of aromatic nitrogens is 1. The van der Waals surface area contributed by atoms with E-state index in [1.54, 1.807) is 6.08 Å². The van der Waals surface area contributed by atoms with E-state index in [9.17, 15) is 4.79 Å². The van der Waals surface area contributed by atoms with Crippen molar-refractivity contribution in [2.75, 3.05) is 6.61 Å². The Bertz CT molecular complexity index is 1760. The fourth-order valence-corrected chi connectivity index (χ4v) is 6.04. The van der Waals surface area contributed by atoms with Gasteiger partial charge in [0.2, 0.25) is 5.17 Å². The zero-order valence-electron chi connectivity index (χ0n) is 22.9. The van der Waals surface area contributed by atoms with Gasteiger partial charge in [-0.25, -0.2) is 0 Å². The van der Waals surface area contributed by atoms with E-state index in [1.165, 1.54) is 16.8 Å². The number of carbonyl (C=O) groups is 1. The number of rotatable bonds is 6. The first-order chi connectivity index (χ1) is 19.3. The van der Waals surface area contributed by atoms with Crippen LogP contribution in [0, 0.1) is 33.1 Å². The summed E-state index contributed by atoms with van der Waals surface area (Å²) < 4.78 is 8.41. The van der Waals surface area contributed by atoms with Gasteiger partial charge in [-0.05, 0) is 62.7 Å². The summed E-state index contributed by atoms with van der Waals surface area (Å²) in [5.74, 6) is 0.515. The van der Waals surface area contributed by atoms with Crippen LogP contribution in [0.3, 0.4) is 0 Å². The van der Waals surface area contributed by atoms with Gasteiger partial charge in [-0.3, -0.25) is 10.2 Å². The standard InChI is InChI=1S/C32H29N5O2S/c1-19-12-14-23(15-13-19)31-35-37-29(33)26(30(38)34-32(37)40-31)18-25-22(4)36(27-11-6-5-10-24(25)27)16-17-39-28-20(2)8-7-9-21(28)3/h5-15,18,33H,16-17H2,1-4H3/b26-18-,33-29?. The Morgan fingerprint density at radius 3 is 2.42 bits per heavy atom. The summed E-state index contributed by atoms with van der Waals surface area (Å²) in [4.78, 5) is 17.5. The molecule has 0 spiro atoms. The van der Waals surface area contributed by atoms with Crippen molar-refractivity contribution in [3.8, 4) is 5.75 Å². The number of amidine groups is 2. The largest absolute Gasteiger partial charge is 0.491 e. The first-order valence-corrected chi connectivity index (χ1v) is 14.0. The molecule has 200 valence electrons. The summed E-state index contributed by atoms with van der Waals surface area (Å²) in [7, 11) is 0. The van der Waals surface area contributed by atoms with Crippen molar-refractivity contribution in [1.29, 1.82) is 5.41 Å². The van der Waals surface area contributed by atoms with Crippen LogP contribution in [-0.2, 0) is 11.3 Å². The van der Waals surface area contributed by atoms with Crippen LogP contribution in [0.15, 0.2) is 82.4 Å². The van der Waals surface area contributed by atoms with Crippen LogP contribution in [0.4, 0.5) is 0 Å². The molecular weight excluding hydrogens is 518 g/mol. The van der Waals surface area contributed by atoms with Gasteiger partial charge in [0, 0.05) is 27.7 Å². The van der Waals surface area contributed by atoms with Crippen molar-refractivity contribution in [3.05, 3.63) is 106 Å². The molecule has 1 N–H and O–H groups in total. The molecule has 6 rings (SSSR count). The number of aliphatic imine (C=N–C) groups is 1. The van der Waals surface area contributed by atoms with Crippen LogP contribution in [0.1, 0.15) is 33.5 Å². The smallest absolute Gasteiger partial charge is 0.283 e. The fraction of sp³-hybridized carbons (Fsp3) is 0.188. The first kappa shape index (κ1) is 25.8. The number of nitrogens with one attached hydrogen (secondary N) is 1. The molecule has 0 fully saturated rings. The number of para-hydroxylation sites is 2. The number of thioether (sulfide) groups is 1. The molecule has 0 unspecified atom stereocenters. The third-order valence-corrected chi connectivity index (χ3v) is 8.25. The van der Waals surface area contributed by atoms with Crippen LogP contribution in [0.5, 0.6) is 5.75 Å². The number of hydrazone groups is 1. The van der Waals surface area contributed by atoms with Crippen molar-refractivity contribution in [2.45, 2.75) is 34.2 Å². The minimum Gasteiger partial charge on any atom is -0.491 e. The summed E-state index contributed by atoms with van der Waals surface area (Å²) in [6.45, 7) is 9.33. The van der Waals surface area contributed by atoms with Gasteiger partial charge < -0.3 is 9.30 Å². The number of nitrogens with zero attached hydrogens (tertiary/aromatic N) is 4. The summed E-state index contributed by atoms with van der Waals surface area (Å²) >= 11 is 1.31. The van der Waals surface area contributed by atoms with E-state index in [0.717, 1.165) is 50.2 Å². The summed E-state index contributed by atoms with van der Waals surface area (Å²) in [6, 6.07) is 22.3. The van der Waals surface area contributed by atoms with Crippen LogP contribution in [0.2, 0.25) is 0 Å². The van der Waals surface area contributed by atoms with Crippen LogP contribution >= 0.6 is 11.8 Å². The molecule has 0 saturated heterocycles. The van der Waals surface area contributed by atoms with E-state index < -0.39 is 5.91 Å². The Hall–Kier alpha value is -4.43. The van der Waals surface area contributed by atoms with Crippen LogP contribution in [-0.4, -0.2) is 38.1 Å². The topological polar surface area (TPSA) is 83.0 Å². The van der Waals surface area contributed by atoms with Crippen molar-refractivity contribution in [1.82, 2.24) is 9.58 Å². The maximum atomic E-state index is 13.2. The number of hydrogen-bond donors (Lipinski definition) is 1. The second-order valence-corrected chi connectivity index (χ2v) is 11.0. The highest BCUT2D eigenvalue weighted by molar-refractivity contribution is 8.27. The normalized spacial score (nSPS) is 16.0. The second kappa shape index (κ2) is 10.3. The monoisotopic (exact) mass is 547 g/mol. The van der Waals surface area contributed by atoms with Gasteiger partial charge in [0.05, 0.1) is 12.1 Å². The Morgan fingerprint density at radius 1 is 0.950 bits per heavy atom. The second-order valence-electron chi connectivity index (χ2n) is 10.0. The molecule has 1 amide bonds. The summed E-state index contributed by atoms with van der Waals surface area (Å²) in [6.07, 6.45) is 1.79. The van der Waals surface area contributed by atoms with Crippen LogP contribution < -0.4 is 4.74 Å². The quantitative estimate of drug-likeness (QED) is 0.275. The first-order valence-electron chi connectivity index (χ1n) is 13.2. The van der Waals surface area contributed by atoms with Gasteiger partial charge in [-0.15, -0.1) is 0 Å². The molecule has 4 aromatic rings. The Labute approximate surface area is 237 Å². The van der Waals surface area contributed by atoms with E-state index in [-0.39, 0.29) is 11.4 Å².